The van der Waals surface area contributed by atoms with Crippen molar-refractivity contribution in [1.82, 2.24) is 9.80 Å². The molecule has 0 aromatic rings. The fourth-order valence-electron chi connectivity index (χ4n) is 2.10. The summed E-state index contributed by atoms with van der Waals surface area (Å²) in [5.41, 5.74) is -3.72. The maximum atomic E-state index is 12.8. The van der Waals surface area contributed by atoms with E-state index in [1.54, 1.807) is 0 Å². The Morgan fingerprint density at radius 2 is 1.48 bits per heavy atom. The summed E-state index contributed by atoms with van der Waals surface area (Å²) in [6, 6.07) is 0. The van der Waals surface area contributed by atoms with Crippen molar-refractivity contribution in [3.05, 3.63) is 0 Å². The maximum Gasteiger partial charge on any atom is 0.404 e. The van der Waals surface area contributed by atoms with Crippen LogP contribution in [-0.2, 0) is 4.74 Å². The first-order valence-corrected chi connectivity index (χ1v) is 6.59. The van der Waals surface area contributed by atoms with Crippen molar-refractivity contribution >= 4 is 0 Å². The second-order valence-electron chi connectivity index (χ2n) is 5.52. The Labute approximate surface area is 119 Å². The van der Waals surface area contributed by atoms with Crippen molar-refractivity contribution < 1.29 is 31.1 Å². The van der Waals surface area contributed by atoms with Crippen LogP contribution < -0.4 is 0 Å². The Morgan fingerprint density at radius 3 is 1.90 bits per heavy atom. The van der Waals surface area contributed by atoms with Crippen molar-refractivity contribution in [2.75, 3.05) is 53.0 Å². The van der Waals surface area contributed by atoms with E-state index >= 15 is 0 Å². The zero-order valence-corrected chi connectivity index (χ0v) is 12.0. The van der Waals surface area contributed by atoms with Gasteiger partial charge in [-0.05, 0) is 14.0 Å². The lowest BCUT2D eigenvalue weighted by molar-refractivity contribution is -0.337. The van der Waals surface area contributed by atoms with Crippen LogP contribution in [-0.4, -0.2) is 75.1 Å². The summed E-state index contributed by atoms with van der Waals surface area (Å²) in [5.74, 6) is 0. The molecule has 1 fully saturated rings. The molecular formula is C12H20F6N2O. The average Bonchev–Trinajstić information content (AvgIpc) is 2.35. The van der Waals surface area contributed by atoms with E-state index in [9.17, 15) is 26.3 Å². The van der Waals surface area contributed by atoms with E-state index in [-0.39, 0.29) is 13.5 Å². The van der Waals surface area contributed by atoms with E-state index in [1.807, 2.05) is 4.90 Å². The van der Waals surface area contributed by atoms with Crippen molar-refractivity contribution in [2.24, 2.45) is 5.41 Å². The summed E-state index contributed by atoms with van der Waals surface area (Å²) in [7, 11) is 1.27. The first-order valence-electron chi connectivity index (χ1n) is 6.59. The first kappa shape index (κ1) is 18.5. The van der Waals surface area contributed by atoms with Crippen LogP contribution in [0, 0.1) is 5.41 Å². The first-order chi connectivity index (χ1) is 9.47. The van der Waals surface area contributed by atoms with Crippen LogP contribution in [0.15, 0.2) is 0 Å². The number of hydrogen-bond donors (Lipinski definition) is 0. The average molecular weight is 322 g/mol. The highest BCUT2D eigenvalue weighted by atomic mass is 19.4. The van der Waals surface area contributed by atoms with Gasteiger partial charge in [0.1, 0.15) is 0 Å². The minimum absolute atomic E-state index is 0.141. The second kappa shape index (κ2) is 6.70. The summed E-state index contributed by atoms with van der Waals surface area (Å²) < 4.78 is 81.8. The number of nitrogens with zero attached hydrogens (tertiary/aromatic N) is 2. The largest absolute Gasteiger partial charge is 0.404 e. The summed E-state index contributed by atoms with van der Waals surface area (Å²) in [6.07, 6.45) is -10.7. The Bertz CT molecular complexity index is 311. The van der Waals surface area contributed by atoms with Crippen LogP contribution >= 0.6 is 0 Å². The predicted octanol–water partition coefficient (Wildman–Crippen LogP) is 2.38. The third kappa shape index (κ3) is 4.72. The van der Waals surface area contributed by atoms with Gasteiger partial charge in [0.15, 0.2) is 5.41 Å². The van der Waals surface area contributed by atoms with Crippen molar-refractivity contribution in [2.45, 2.75) is 19.3 Å². The van der Waals surface area contributed by atoms with E-state index in [0.29, 0.717) is 32.8 Å². The highest BCUT2D eigenvalue weighted by Crippen LogP contribution is 2.50. The number of likely N-dealkylation sites (N-methyl/N-ethyl adjacent to an activating group) is 1. The van der Waals surface area contributed by atoms with Crippen LogP contribution in [0.2, 0.25) is 0 Å². The Morgan fingerprint density at radius 1 is 1.00 bits per heavy atom. The highest BCUT2D eigenvalue weighted by molar-refractivity contribution is 4.91. The molecule has 1 rings (SSSR count). The van der Waals surface area contributed by atoms with E-state index in [4.69, 9.17) is 4.74 Å². The van der Waals surface area contributed by atoms with Crippen molar-refractivity contribution in [3.8, 4) is 0 Å². The van der Waals surface area contributed by atoms with Gasteiger partial charge in [0.25, 0.3) is 0 Å². The summed E-state index contributed by atoms with van der Waals surface area (Å²) in [6.45, 7) is 2.02. The predicted molar refractivity (Wildman–Crippen MR) is 65.0 cm³/mol. The molecule has 0 unspecified atom stereocenters. The molecule has 0 radical (unpaired) electrons. The van der Waals surface area contributed by atoms with Crippen LogP contribution in [0.1, 0.15) is 6.92 Å². The summed E-state index contributed by atoms with van der Waals surface area (Å²) in [5, 5.41) is 0. The summed E-state index contributed by atoms with van der Waals surface area (Å²) in [4.78, 5) is 3.04. The third-order valence-corrected chi connectivity index (χ3v) is 3.74. The molecule has 21 heavy (non-hydrogen) atoms. The number of ether oxygens (including phenoxy) is 1. The van der Waals surface area contributed by atoms with Gasteiger partial charge in [-0.3, -0.25) is 4.90 Å². The fourth-order valence-corrected chi connectivity index (χ4v) is 2.10. The summed E-state index contributed by atoms with van der Waals surface area (Å²) >= 11 is 0. The van der Waals surface area contributed by atoms with Crippen molar-refractivity contribution in [1.29, 1.82) is 0 Å². The minimum Gasteiger partial charge on any atom is -0.379 e. The van der Waals surface area contributed by atoms with Crippen LogP contribution in [0.5, 0.6) is 0 Å². The number of hydrogen-bond acceptors (Lipinski definition) is 3. The van der Waals surface area contributed by atoms with Gasteiger partial charge in [0, 0.05) is 32.7 Å². The SMILES string of the molecule is CN(CCN1CCOCC1)CC(C)(C(F)(F)F)C(F)(F)F. The maximum absolute atomic E-state index is 12.8. The van der Waals surface area contributed by atoms with Gasteiger partial charge < -0.3 is 9.64 Å². The minimum atomic E-state index is -5.33. The lowest BCUT2D eigenvalue weighted by Gasteiger charge is -2.37. The Hall–Kier alpha value is -0.540. The van der Waals surface area contributed by atoms with E-state index in [1.165, 1.54) is 7.05 Å². The molecule has 0 bridgehead atoms. The van der Waals surface area contributed by atoms with E-state index in [0.717, 1.165) is 4.90 Å². The number of halogens is 6. The van der Waals surface area contributed by atoms with Crippen LogP contribution in [0.3, 0.4) is 0 Å². The fraction of sp³-hybridized carbons (Fsp3) is 1.00. The standard InChI is InChI=1S/C12H20F6N2O/c1-10(11(13,14)15,12(16,17)18)9-19(2)3-4-20-5-7-21-8-6-20/h3-9H2,1-2H3. The quantitative estimate of drug-likeness (QED) is 0.723. The van der Waals surface area contributed by atoms with Gasteiger partial charge in [0.05, 0.1) is 13.2 Å². The molecule has 0 aromatic heterocycles. The van der Waals surface area contributed by atoms with E-state index < -0.39 is 24.3 Å². The highest BCUT2D eigenvalue weighted by Gasteiger charge is 2.67. The number of rotatable bonds is 5. The molecular weight excluding hydrogens is 302 g/mol. The van der Waals surface area contributed by atoms with Gasteiger partial charge in [-0.15, -0.1) is 0 Å². The second-order valence-corrected chi connectivity index (χ2v) is 5.52. The number of morpholine rings is 1. The smallest absolute Gasteiger partial charge is 0.379 e. The van der Waals surface area contributed by atoms with Gasteiger partial charge in [0.2, 0.25) is 0 Å². The molecule has 1 aliphatic rings. The number of alkyl halides is 6. The van der Waals surface area contributed by atoms with Gasteiger partial charge in [-0.1, -0.05) is 0 Å². The molecule has 1 heterocycles. The molecule has 0 aliphatic carbocycles. The molecule has 0 amide bonds. The molecule has 126 valence electrons. The van der Waals surface area contributed by atoms with Gasteiger partial charge >= 0.3 is 12.4 Å². The molecule has 1 saturated heterocycles. The monoisotopic (exact) mass is 322 g/mol. The lowest BCUT2D eigenvalue weighted by atomic mass is 9.88. The topological polar surface area (TPSA) is 15.7 Å². The zero-order valence-electron chi connectivity index (χ0n) is 12.0. The molecule has 0 saturated carbocycles. The zero-order chi connectivity index (χ0) is 16.3. The molecule has 3 nitrogen and oxygen atoms in total. The Balaban J connectivity index is 2.58. The Kier molecular flexibility index (Phi) is 5.91. The van der Waals surface area contributed by atoms with Gasteiger partial charge in [-0.2, -0.15) is 26.3 Å². The lowest BCUT2D eigenvalue weighted by Crippen LogP contribution is -2.54. The van der Waals surface area contributed by atoms with E-state index in [2.05, 4.69) is 0 Å². The van der Waals surface area contributed by atoms with Crippen LogP contribution in [0.25, 0.3) is 0 Å². The van der Waals surface area contributed by atoms with Crippen LogP contribution in [0.4, 0.5) is 26.3 Å². The third-order valence-electron chi connectivity index (χ3n) is 3.74. The normalized spacial score (nSPS) is 19.3. The molecule has 0 atom stereocenters. The molecule has 0 N–H and O–H groups in total. The molecule has 1 aliphatic heterocycles. The molecule has 0 spiro atoms. The molecule has 0 aromatic carbocycles. The molecule has 9 heteroatoms. The van der Waals surface area contributed by atoms with Gasteiger partial charge in [-0.25, -0.2) is 0 Å². The van der Waals surface area contributed by atoms with Crippen molar-refractivity contribution in [3.63, 3.8) is 0 Å².